The Kier molecular flexibility index (Phi) is 9.53. The summed E-state index contributed by atoms with van der Waals surface area (Å²) in [6.45, 7) is 2.38. The molecule has 1 aromatic carbocycles. The molecule has 5 nitrogen and oxygen atoms in total. The Balaban J connectivity index is 0.00000441. The number of hydrogen-bond acceptors (Lipinski definition) is 4. The van der Waals surface area contributed by atoms with Gasteiger partial charge in [0.1, 0.15) is 5.82 Å². The van der Waals surface area contributed by atoms with Crippen LogP contribution in [0.4, 0.5) is 4.39 Å². The third-order valence-electron chi connectivity index (χ3n) is 3.24. The van der Waals surface area contributed by atoms with Crippen LogP contribution in [0.25, 0.3) is 0 Å². The second-order valence-corrected chi connectivity index (χ2v) is 4.74. The average molecular weight is 335 g/mol. The van der Waals surface area contributed by atoms with Crippen molar-refractivity contribution in [2.45, 2.75) is 32.2 Å². The van der Waals surface area contributed by atoms with Gasteiger partial charge in [0.25, 0.3) is 5.91 Å². The quantitative estimate of drug-likeness (QED) is 0.766. The number of halogens is 2. The van der Waals surface area contributed by atoms with Gasteiger partial charge in [0.15, 0.2) is 11.5 Å². The number of amides is 1. The van der Waals surface area contributed by atoms with Gasteiger partial charge in [0.05, 0.1) is 19.8 Å². The fourth-order valence-corrected chi connectivity index (χ4v) is 1.99. The number of nitrogens with one attached hydrogen (secondary N) is 1. The Morgan fingerprint density at radius 2 is 1.91 bits per heavy atom. The van der Waals surface area contributed by atoms with Crippen LogP contribution in [0.1, 0.15) is 36.5 Å². The topological polar surface area (TPSA) is 73.6 Å². The van der Waals surface area contributed by atoms with Gasteiger partial charge in [0.2, 0.25) is 0 Å². The van der Waals surface area contributed by atoms with Gasteiger partial charge in [-0.1, -0.05) is 19.8 Å². The zero-order valence-corrected chi connectivity index (χ0v) is 14.0. The number of ether oxygens (including phenoxy) is 2. The Labute approximate surface area is 136 Å². The van der Waals surface area contributed by atoms with E-state index in [0.29, 0.717) is 12.3 Å². The van der Waals surface area contributed by atoms with Crippen LogP contribution < -0.4 is 20.5 Å². The standard InChI is InChI=1S/C15H23FN2O3.ClH/c1-4-5-6-10(9-17)18-15(19)11-7-13(20-2)14(21-3)8-12(11)16;/h7-8,10H,4-6,9,17H2,1-3H3,(H,18,19);1H. The maximum atomic E-state index is 14.0. The van der Waals surface area contributed by atoms with E-state index in [0.717, 1.165) is 25.3 Å². The van der Waals surface area contributed by atoms with Gasteiger partial charge >= 0.3 is 0 Å². The largest absolute Gasteiger partial charge is 0.493 e. The van der Waals surface area contributed by atoms with Crippen molar-refractivity contribution in [3.05, 3.63) is 23.5 Å². The van der Waals surface area contributed by atoms with E-state index in [9.17, 15) is 9.18 Å². The molecule has 1 amide bonds. The van der Waals surface area contributed by atoms with E-state index in [-0.39, 0.29) is 29.8 Å². The molecule has 0 saturated heterocycles. The zero-order valence-electron chi connectivity index (χ0n) is 13.1. The van der Waals surface area contributed by atoms with Crippen LogP contribution in [0.5, 0.6) is 11.5 Å². The predicted molar refractivity (Wildman–Crippen MR) is 86.6 cm³/mol. The van der Waals surface area contributed by atoms with E-state index in [2.05, 4.69) is 12.2 Å². The molecule has 1 rings (SSSR count). The third-order valence-corrected chi connectivity index (χ3v) is 3.24. The van der Waals surface area contributed by atoms with Crippen molar-refractivity contribution in [1.82, 2.24) is 5.32 Å². The number of carbonyl (C=O) groups excluding carboxylic acids is 1. The fraction of sp³-hybridized carbons (Fsp3) is 0.533. The minimum atomic E-state index is -0.656. The highest BCUT2D eigenvalue weighted by atomic mass is 35.5. The molecule has 1 unspecified atom stereocenters. The van der Waals surface area contributed by atoms with Crippen molar-refractivity contribution < 1.29 is 18.7 Å². The lowest BCUT2D eigenvalue weighted by atomic mass is 10.1. The number of unbranched alkanes of at least 4 members (excludes halogenated alkanes) is 1. The summed E-state index contributed by atoms with van der Waals surface area (Å²) in [5, 5.41) is 2.75. The molecule has 0 saturated carbocycles. The normalized spacial score (nSPS) is 11.3. The number of carbonyl (C=O) groups is 1. The minimum Gasteiger partial charge on any atom is -0.493 e. The van der Waals surface area contributed by atoms with Gasteiger partial charge in [-0.15, -0.1) is 12.4 Å². The number of benzene rings is 1. The third kappa shape index (κ3) is 5.35. The number of rotatable bonds is 8. The second-order valence-electron chi connectivity index (χ2n) is 4.74. The van der Waals surface area contributed by atoms with Gasteiger partial charge < -0.3 is 20.5 Å². The first-order valence-electron chi connectivity index (χ1n) is 6.99. The van der Waals surface area contributed by atoms with E-state index < -0.39 is 11.7 Å². The van der Waals surface area contributed by atoms with E-state index in [1.54, 1.807) is 0 Å². The van der Waals surface area contributed by atoms with Crippen LogP contribution in [0.3, 0.4) is 0 Å². The Morgan fingerprint density at radius 3 is 2.41 bits per heavy atom. The van der Waals surface area contributed by atoms with Gasteiger partial charge in [-0.2, -0.15) is 0 Å². The lowest BCUT2D eigenvalue weighted by Crippen LogP contribution is -2.40. The summed E-state index contributed by atoms with van der Waals surface area (Å²) in [4.78, 5) is 12.2. The monoisotopic (exact) mass is 334 g/mol. The molecule has 0 aliphatic carbocycles. The lowest BCUT2D eigenvalue weighted by Gasteiger charge is -2.17. The number of nitrogens with two attached hydrogens (primary N) is 1. The molecular weight excluding hydrogens is 311 g/mol. The highest BCUT2D eigenvalue weighted by molar-refractivity contribution is 5.95. The Morgan fingerprint density at radius 1 is 1.32 bits per heavy atom. The van der Waals surface area contributed by atoms with Gasteiger partial charge in [-0.25, -0.2) is 4.39 Å². The van der Waals surface area contributed by atoms with E-state index in [1.165, 1.54) is 20.3 Å². The Hall–Kier alpha value is -1.53. The Bertz CT molecular complexity index is 486. The van der Waals surface area contributed by atoms with Crippen molar-refractivity contribution >= 4 is 18.3 Å². The van der Waals surface area contributed by atoms with Crippen LogP contribution >= 0.6 is 12.4 Å². The molecule has 0 aliphatic rings. The molecular formula is C15H24ClFN2O3. The van der Waals surface area contributed by atoms with E-state index in [1.807, 2.05) is 0 Å². The maximum Gasteiger partial charge on any atom is 0.254 e. The molecule has 22 heavy (non-hydrogen) atoms. The first-order chi connectivity index (χ1) is 10.1. The number of methoxy groups -OCH3 is 2. The SMILES string of the molecule is CCCCC(CN)NC(=O)c1cc(OC)c(OC)cc1F.Cl. The summed E-state index contributed by atoms with van der Waals surface area (Å²) < 4.78 is 24.1. The highest BCUT2D eigenvalue weighted by Gasteiger charge is 2.19. The van der Waals surface area contributed by atoms with Crippen molar-refractivity contribution in [2.75, 3.05) is 20.8 Å². The number of hydrogen-bond donors (Lipinski definition) is 2. The maximum absolute atomic E-state index is 14.0. The van der Waals surface area contributed by atoms with Crippen molar-refractivity contribution in [2.24, 2.45) is 5.73 Å². The average Bonchev–Trinajstić information content (AvgIpc) is 2.50. The molecule has 0 heterocycles. The molecule has 0 bridgehead atoms. The first-order valence-corrected chi connectivity index (χ1v) is 6.99. The second kappa shape index (κ2) is 10.2. The van der Waals surface area contributed by atoms with Gasteiger partial charge in [-0.05, 0) is 12.5 Å². The van der Waals surface area contributed by atoms with Crippen LogP contribution in [0.15, 0.2) is 12.1 Å². The summed E-state index contributed by atoms with van der Waals surface area (Å²) >= 11 is 0. The lowest BCUT2D eigenvalue weighted by molar-refractivity contribution is 0.0931. The van der Waals surface area contributed by atoms with Gasteiger partial charge in [0, 0.05) is 18.7 Å². The minimum absolute atomic E-state index is 0. The van der Waals surface area contributed by atoms with E-state index in [4.69, 9.17) is 15.2 Å². The summed E-state index contributed by atoms with van der Waals surface area (Å²) in [6.07, 6.45) is 2.74. The van der Waals surface area contributed by atoms with Crippen LogP contribution in [0, 0.1) is 5.82 Å². The summed E-state index contributed by atoms with van der Waals surface area (Å²) in [5.74, 6) is -0.605. The van der Waals surface area contributed by atoms with Crippen molar-refractivity contribution in [3.63, 3.8) is 0 Å². The molecule has 3 N–H and O–H groups in total. The summed E-state index contributed by atoms with van der Waals surface area (Å²) in [5.41, 5.74) is 5.55. The molecule has 0 radical (unpaired) electrons. The molecule has 0 aliphatic heterocycles. The molecule has 0 aromatic heterocycles. The van der Waals surface area contributed by atoms with Crippen molar-refractivity contribution in [1.29, 1.82) is 0 Å². The van der Waals surface area contributed by atoms with Crippen LogP contribution in [-0.2, 0) is 0 Å². The fourth-order valence-electron chi connectivity index (χ4n) is 1.99. The molecule has 0 fully saturated rings. The summed E-state index contributed by atoms with van der Waals surface area (Å²) in [6, 6.07) is 2.30. The first kappa shape index (κ1) is 20.5. The van der Waals surface area contributed by atoms with E-state index >= 15 is 0 Å². The zero-order chi connectivity index (χ0) is 15.8. The molecule has 1 atom stereocenters. The van der Waals surface area contributed by atoms with Crippen LogP contribution in [0.2, 0.25) is 0 Å². The van der Waals surface area contributed by atoms with Crippen LogP contribution in [-0.4, -0.2) is 32.7 Å². The molecule has 7 heteroatoms. The summed E-state index contributed by atoms with van der Waals surface area (Å²) in [7, 11) is 2.84. The predicted octanol–water partition coefficient (Wildman–Crippen LogP) is 2.51. The smallest absolute Gasteiger partial charge is 0.254 e. The molecule has 126 valence electrons. The van der Waals surface area contributed by atoms with Crippen molar-refractivity contribution in [3.8, 4) is 11.5 Å². The molecule has 0 spiro atoms. The highest BCUT2D eigenvalue weighted by Crippen LogP contribution is 2.29. The molecule has 1 aromatic rings. The van der Waals surface area contributed by atoms with Gasteiger partial charge in [-0.3, -0.25) is 4.79 Å².